The van der Waals surface area contributed by atoms with Crippen molar-refractivity contribution in [3.63, 3.8) is 0 Å². The second kappa shape index (κ2) is 2.55. The quantitative estimate of drug-likeness (QED) is 0.490. The van der Waals surface area contributed by atoms with E-state index in [9.17, 15) is 4.79 Å². The molecule has 0 fully saturated rings. The smallest absolute Gasteiger partial charge is 0.361 e. The molecule has 0 aromatic carbocycles. The first-order valence-corrected chi connectivity index (χ1v) is 4.61. The highest BCUT2D eigenvalue weighted by atomic mass is 32.4. The Morgan fingerprint density at radius 1 is 1.75 bits per heavy atom. The Morgan fingerprint density at radius 2 is 2.12 bits per heavy atom. The minimum Gasteiger partial charge on any atom is -0.476 e. The van der Waals surface area contributed by atoms with E-state index >= 15 is 0 Å². The van der Waals surface area contributed by atoms with Crippen LogP contribution >= 0.6 is 6.26 Å². The lowest BCUT2D eigenvalue weighted by atomic mass is 11.6. The SMILES string of the molecule is O=C(O)P(O)(=S)CO. The molecule has 8 heavy (non-hydrogen) atoms. The summed E-state index contributed by atoms with van der Waals surface area (Å²) in [6.07, 6.45) is -4.28. The third kappa shape index (κ3) is 1.88. The van der Waals surface area contributed by atoms with E-state index < -0.39 is 18.3 Å². The molecule has 0 aromatic rings. The fourth-order valence-corrected chi connectivity index (χ4v) is 0.181. The summed E-state index contributed by atoms with van der Waals surface area (Å²) < 4.78 is 0. The van der Waals surface area contributed by atoms with E-state index in [0.29, 0.717) is 0 Å². The minimum absolute atomic E-state index is 0.836. The van der Waals surface area contributed by atoms with E-state index in [1.807, 2.05) is 0 Å². The van der Waals surface area contributed by atoms with E-state index in [0.717, 1.165) is 0 Å². The molecule has 3 N–H and O–H groups in total. The van der Waals surface area contributed by atoms with Gasteiger partial charge in [0.15, 0.2) is 6.26 Å². The van der Waals surface area contributed by atoms with Crippen molar-refractivity contribution in [1.82, 2.24) is 0 Å². The van der Waals surface area contributed by atoms with Crippen LogP contribution in [0.25, 0.3) is 0 Å². The van der Waals surface area contributed by atoms with Crippen LogP contribution in [0.1, 0.15) is 0 Å². The molecule has 0 spiro atoms. The third-order valence-electron chi connectivity index (χ3n) is 0.491. The molecule has 0 radical (unpaired) electrons. The van der Waals surface area contributed by atoms with E-state index in [1.54, 1.807) is 0 Å². The zero-order chi connectivity index (χ0) is 6.78. The highest BCUT2D eigenvalue weighted by molar-refractivity contribution is 8.19. The molecule has 0 saturated carbocycles. The molecule has 1 unspecified atom stereocenters. The monoisotopic (exact) mass is 156 g/mol. The lowest BCUT2D eigenvalue weighted by Crippen LogP contribution is -1.97. The van der Waals surface area contributed by atoms with Gasteiger partial charge in [-0.25, -0.2) is 4.79 Å². The second-order valence-electron chi connectivity index (χ2n) is 1.13. The Labute approximate surface area is 50.9 Å². The van der Waals surface area contributed by atoms with E-state index in [4.69, 9.17) is 15.1 Å². The van der Waals surface area contributed by atoms with Gasteiger partial charge in [-0.05, 0) is 0 Å². The zero-order valence-electron chi connectivity index (χ0n) is 3.81. The first kappa shape index (κ1) is 8.04. The van der Waals surface area contributed by atoms with Gasteiger partial charge in [0.1, 0.15) is 6.35 Å². The van der Waals surface area contributed by atoms with Crippen molar-refractivity contribution >= 4 is 23.8 Å². The predicted octanol–water partition coefficient (Wildman–Crippen LogP) is 0.001000. The summed E-state index contributed by atoms with van der Waals surface area (Å²) in [7, 11) is 0. The van der Waals surface area contributed by atoms with Crippen molar-refractivity contribution in [3.8, 4) is 0 Å². The van der Waals surface area contributed by atoms with Crippen molar-refractivity contribution in [1.29, 1.82) is 0 Å². The molecule has 6 heteroatoms. The number of carbonyl (C=O) groups is 1. The maximum atomic E-state index is 9.79. The number of carboxylic acid groups (broad SMARTS) is 1. The molecule has 4 nitrogen and oxygen atoms in total. The van der Waals surface area contributed by atoms with Crippen LogP contribution in [-0.4, -0.2) is 27.2 Å². The highest BCUT2D eigenvalue weighted by Crippen LogP contribution is 2.39. The normalized spacial score (nSPS) is 17.2. The fourth-order valence-electron chi connectivity index (χ4n) is 0.0605. The molecule has 48 valence electrons. The van der Waals surface area contributed by atoms with E-state index in [2.05, 4.69) is 11.8 Å². The van der Waals surface area contributed by atoms with Gasteiger partial charge in [-0.2, -0.15) is 0 Å². The molecule has 0 aliphatic carbocycles. The maximum absolute atomic E-state index is 9.79. The topological polar surface area (TPSA) is 77.8 Å². The molecule has 0 saturated heterocycles. The van der Waals surface area contributed by atoms with Crippen LogP contribution in [0.2, 0.25) is 0 Å². The lowest BCUT2D eigenvalue weighted by Gasteiger charge is -2.02. The Kier molecular flexibility index (Phi) is 2.56. The highest BCUT2D eigenvalue weighted by Gasteiger charge is 2.20. The lowest BCUT2D eigenvalue weighted by molar-refractivity contribution is 0.217. The van der Waals surface area contributed by atoms with Gasteiger partial charge in [0.05, 0.1) is 0 Å². The third-order valence-corrected chi connectivity index (χ3v) is 2.29. The standard InChI is InChI=1S/C2H5O4PS/c3-1-7(6,8)2(4)5/h3H,1H2,(H,4,5)(H,6,8). The summed E-state index contributed by atoms with van der Waals surface area (Å²) in [5.74, 6) is 0. The molecule has 0 aromatic heterocycles. The Hall–Kier alpha value is 0.0400. The van der Waals surface area contributed by atoms with Crippen LogP contribution in [0.3, 0.4) is 0 Å². The number of aliphatic hydroxyl groups excluding tert-OH is 1. The summed E-state index contributed by atoms with van der Waals surface area (Å²) >= 11 is 4.09. The Bertz CT molecular complexity index is 143. The summed E-state index contributed by atoms with van der Waals surface area (Å²) in [6.45, 7) is 0. The number of hydrogen-bond donors (Lipinski definition) is 3. The van der Waals surface area contributed by atoms with Gasteiger partial charge in [-0.15, -0.1) is 0 Å². The predicted molar refractivity (Wildman–Crippen MR) is 31.6 cm³/mol. The molecule has 0 heterocycles. The van der Waals surface area contributed by atoms with Crippen LogP contribution in [0.5, 0.6) is 0 Å². The average Bonchev–Trinajstić information content (AvgIpc) is 1.67. The second-order valence-corrected chi connectivity index (χ2v) is 5.01. The first-order chi connectivity index (χ1) is 3.50. The van der Waals surface area contributed by atoms with Gasteiger partial charge in [-0.1, -0.05) is 11.8 Å². The van der Waals surface area contributed by atoms with Gasteiger partial charge >= 0.3 is 5.71 Å². The first-order valence-electron chi connectivity index (χ1n) is 1.67. The molecule has 0 aliphatic rings. The maximum Gasteiger partial charge on any atom is 0.361 e. The molecule has 0 rings (SSSR count). The average molecular weight is 156 g/mol. The molecule has 0 amide bonds. The largest absolute Gasteiger partial charge is 0.476 e. The van der Waals surface area contributed by atoms with Crippen molar-refractivity contribution < 1.29 is 19.9 Å². The van der Waals surface area contributed by atoms with Gasteiger partial charge in [0.25, 0.3) is 0 Å². The molecule has 0 bridgehead atoms. The van der Waals surface area contributed by atoms with Crippen molar-refractivity contribution in [2.45, 2.75) is 0 Å². The van der Waals surface area contributed by atoms with Crippen molar-refractivity contribution in [3.05, 3.63) is 0 Å². The number of aliphatic hydroxyl groups is 1. The zero-order valence-corrected chi connectivity index (χ0v) is 5.52. The summed E-state index contributed by atoms with van der Waals surface area (Å²) in [5.41, 5.74) is -1.49. The summed E-state index contributed by atoms with van der Waals surface area (Å²) in [4.78, 5) is 18.3. The van der Waals surface area contributed by atoms with Gasteiger partial charge in [-0.3, -0.25) is 0 Å². The molecule has 1 atom stereocenters. The van der Waals surface area contributed by atoms with Gasteiger partial charge in [0, 0.05) is 0 Å². The van der Waals surface area contributed by atoms with Crippen LogP contribution < -0.4 is 0 Å². The van der Waals surface area contributed by atoms with Crippen molar-refractivity contribution in [2.75, 3.05) is 6.35 Å². The van der Waals surface area contributed by atoms with Gasteiger partial charge in [0.2, 0.25) is 0 Å². The fraction of sp³-hybridized carbons (Fsp3) is 0.500. The molecular formula is C2H5O4PS. The molecular weight excluding hydrogens is 151 g/mol. The Balaban J connectivity index is 4.15. The Morgan fingerprint density at radius 3 is 2.12 bits per heavy atom. The van der Waals surface area contributed by atoms with Crippen molar-refractivity contribution in [2.24, 2.45) is 0 Å². The minimum atomic E-state index is -3.44. The molecule has 0 aliphatic heterocycles. The summed E-state index contributed by atoms with van der Waals surface area (Å²) in [5, 5.41) is 16.1. The van der Waals surface area contributed by atoms with Crippen LogP contribution in [0, 0.1) is 0 Å². The van der Waals surface area contributed by atoms with Crippen LogP contribution in [0.4, 0.5) is 4.79 Å². The summed E-state index contributed by atoms with van der Waals surface area (Å²) in [6, 6.07) is 0. The van der Waals surface area contributed by atoms with E-state index in [1.165, 1.54) is 0 Å². The number of hydrogen-bond acceptors (Lipinski definition) is 3. The van der Waals surface area contributed by atoms with Gasteiger partial charge < -0.3 is 15.1 Å². The van der Waals surface area contributed by atoms with Crippen LogP contribution in [-0.2, 0) is 11.8 Å². The number of rotatable bonds is 2. The van der Waals surface area contributed by atoms with E-state index in [-0.39, 0.29) is 0 Å². The van der Waals surface area contributed by atoms with Crippen LogP contribution in [0.15, 0.2) is 0 Å².